The quantitative estimate of drug-likeness (QED) is 0.500. The summed E-state index contributed by atoms with van der Waals surface area (Å²) >= 11 is 0. The van der Waals surface area contributed by atoms with Crippen LogP contribution in [-0.4, -0.2) is 48.4 Å². The first-order valence-corrected chi connectivity index (χ1v) is 5.45. The molecule has 0 bridgehead atoms. The van der Waals surface area contributed by atoms with Gasteiger partial charge < -0.3 is 19.3 Å². The molecular weight excluding hydrogens is 244 g/mol. The second-order valence-electron chi connectivity index (χ2n) is 3.65. The third kappa shape index (κ3) is 8.51. The van der Waals surface area contributed by atoms with Crippen LogP contribution in [0.4, 0.5) is 0 Å². The minimum absolute atomic E-state index is 0.00438. The van der Waals surface area contributed by atoms with E-state index in [-0.39, 0.29) is 19.6 Å². The predicted molar refractivity (Wildman–Crippen MR) is 59.4 cm³/mol. The van der Waals surface area contributed by atoms with Gasteiger partial charge in [-0.3, -0.25) is 14.4 Å². The zero-order chi connectivity index (χ0) is 14.1. The summed E-state index contributed by atoms with van der Waals surface area (Å²) in [4.78, 5) is 32.0. The molecule has 1 N–H and O–H groups in total. The summed E-state index contributed by atoms with van der Waals surface area (Å²) in [6.45, 7) is 3.36. The molecule has 7 nitrogen and oxygen atoms in total. The van der Waals surface area contributed by atoms with Crippen molar-refractivity contribution in [2.24, 2.45) is 0 Å². The van der Waals surface area contributed by atoms with Crippen LogP contribution < -0.4 is 0 Å². The normalized spacial score (nSPS) is 13.3. The standard InChI is InChI=1S/C11H18O7/c1-7(12)16-5-4-11(18-9(3)14)10(15)6-17-8(2)13/h10-11,15H,4-6H2,1-3H3/t10-,11+/m1/s1. The molecule has 104 valence electrons. The van der Waals surface area contributed by atoms with Crippen LogP contribution in [0.1, 0.15) is 27.2 Å². The second kappa shape index (κ2) is 8.46. The van der Waals surface area contributed by atoms with E-state index >= 15 is 0 Å². The molecule has 0 radical (unpaired) electrons. The molecule has 0 saturated heterocycles. The Morgan fingerprint density at radius 2 is 1.56 bits per heavy atom. The van der Waals surface area contributed by atoms with Gasteiger partial charge >= 0.3 is 17.9 Å². The lowest BCUT2D eigenvalue weighted by Crippen LogP contribution is -2.36. The van der Waals surface area contributed by atoms with Crippen LogP contribution in [0.5, 0.6) is 0 Å². The Balaban J connectivity index is 4.22. The van der Waals surface area contributed by atoms with Crippen LogP contribution in [0, 0.1) is 0 Å². The molecule has 0 rings (SSSR count). The summed E-state index contributed by atoms with van der Waals surface area (Å²) in [7, 11) is 0. The van der Waals surface area contributed by atoms with Crippen molar-refractivity contribution in [1.82, 2.24) is 0 Å². The highest BCUT2D eigenvalue weighted by atomic mass is 16.6. The van der Waals surface area contributed by atoms with Gasteiger partial charge in [0.15, 0.2) is 0 Å². The Morgan fingerprint density at radius 1 is 1.00 bits per heavy atom. The lowest BCUT2D eigenvalue weighted by atomic mass is 10.1. The van der Waals surface area contributed by atoms with Crippen LogP contribution in [0.25, 0.3) is 0 Å². The summed E-state index contributed by atoms with van der Waals surface area (Å²) in [6.07, 6.45) is -1.92. The average molecular weight is 262 g/mol. The Kier molecular flexibility index (Phi) is 7.69. The van der Waals surface area contributed by atoms with Gasteiger partial charge in [-0.25, -0.2) is 0 Å². The van der Waals surface area contributed by atoms with E-state index in [0.29, 0.717) is 0 Å². The molecule has 18 heavy (non-hydrogen) atoms. The number of hydrogen-bond acceptors (Lipinski definition) is 7. The van der Waals surface area contributed by atoms with Crippen molar-refractivity contribution in [2.45, 2.75) is 39.4 Å². The molecule has 0 heterocycles. The largest absolute Gasteiger partial charge is 0.466 e. The van der Waals surface area contributed by atoms with Crippen molar-refractivity contribution >= 4 is 17.9 Å². The third-order valence-electron chi connectivity index (χ3n) is 1.91. The van der Waals surface area contributed by atoms with Crippen molar-refractivity contribution in [1.29, 1.82) is 0 Å². The van der Waals surface area contributed by atoms with E-state index in [1.165, 1.54) is 20.8 Å². The number of aliphatic hydroxyl groups is 1. The maximum absolute atomic E-state index is 10.8. The van der Waals surface area contributed by atoms with Crippen LogP contribution in [0.15, 0.2) is 0 Å². The molecule has 0 saturated carbocycles. The SMILES string of the molecule is CC(=O)OCC[C@H](OC(C)=O)[C@H](O)COC(C)=O. The maximum Gasteiger partial charge on any atom is 0.302 e. The van der Waals surface area contributed by atoms with Crippen molar-refractivity contribution in [3.05, 3.63) is 0 Å². The number of ether oxygens (including phenoxy) is 3. The summed E-state index contributed by atoms with van der Waals surface area (Å²) in [5.41, 5.74) is 0. The highest BCUT2D eigenvalue weighted by molar-refractivity contribution is 5.67. The van der Waals surface area contributed by atoms with Gasteiger partial charge in [-0.1, -0.05) is 0 Å². The average Bonchev–Trinajstić information content (AvgIpc) is 2.23. The van der Waals surface area contributed by atoms with Gasteiger partial charge in [0.2, 0.25) is 0 Å². The Morgan fingerprint density at radius 3 is 2.00 bits per heavy atom. The lowest BCUT2D eigenvalue weighted by molar-refractivity contribution is -0.160. The monoisotopic (exact) mass is 262 g/mol. The fourth-order valence-electron chi connectivity index (χ4n) is 1.17. The molecule has 7 heteroatoms. The van der Waals surface area contributed by atoms with E-state index < -0.39 is 30.1 Å². The van der Waals surface area contributed by atoms with E-state index in [2.05, 4.69) is 9.47 Å². The van der Waals surface area contributed by atoms with Crippen molar-refractivity contribution in [2.75, 3.05) is 13.2 Å². The molecule has 0 fully saturated rings. The van der Waals surface area contributed by atoms with Crippen LogP contribution in [-0.2, 0) is 28.6 Å². The zero-order valence-electron chi connectivity index (χ0n) is 10.7. The number of rotatable bonds is 7. The van der Waals surface area contributed by atoms with Crippen molar-refractivity contribution in [3.63, 3.8) is 0 Å². The Labute approximate surface area is 105 Å². The maximum atomic E-state index is 10.8. The van der Waals surface area contributed by atoms with Gasteiger partial charge in [0.25, 0.3) is 0 Å². The number of hydrogen-bond donors (Lipinski definition) is 1. The van der Waals surface area contributed by atoms with E-state index in [0.717, 1.165) is 0 Å². The Hall–Kier alpha value is -1.63. The lowest BCUT2D eigenvalue weighted by Gasteiger charge is -2.22. The summed E-state index contributed by atoms with van der Waals surface area (Å²) in [5.74, 6) is -1.59. The van der Waals surface area contributed by atoms with Crippen LogP contribution >= 0.6 is 0 Å². The fourth-order valence-corrected chi connectivity index (χ4v) is 1.17. The Bertz CT molecular complexity index is 300. The van der Waals surface area contributed by atoms with Gasteiger partial charge in [-0.2, -0.15) is 0 Å². The van der Waals surface area contributed by atoms with Crippen LogP contribution in [0.2, 0.25) is 0 Å². The first-order valence-electron chi connectivity index (χ1n) is 5.45. The predicted octanol–water partition coefficient (Wildman–Crippen LogP) is -0.205. The minimum atomic E-state index is -1.16. The molecule has 0 aliphatic rings. The van der Waals surface area contributed by atoms with Gasteiger partial charge in [-0.15, -0.1) is 0 Å². The third-order valence-corrected chi connectivity index (χ3v) is 1.91. The summed E-state index contributed by atoms with van der Waals surface area (Å²) in [6, 6.07) is 0. The molecule has 0 aliphatic heterocycles. The second-order valence-corrected chi connectivity index (χ2v) is 3.65. The molecule has 0 aromatic heterocycles. The number of carbonyl (C=O) groups is 3. The highest BCUT2D eigenvalue weighted by Gasteiger charge is 2.23. The minimum Gasteiger partial charge on any atom is -0.466 e. The zero-order valence-corrected chi connectivity index (χ0v) is 10.7. The summed E-state index contributed by atoms with van der Waals surface area (Å²) in [5, 5.41) is 9.68. The highest BCUT2D eigenvalue weighted by Crippen LogP contribution is 2.07. The number of esters is 3. The number of aliphatic hydroxyl groups excluding tert-OH is 1. The topological polar surface area (TPSA) is 99.1 Å². The van der Waals surface area contributed by atoms with Gasteiger partial charge in [0.1, 0.15) is 18.8 Å². The molecule has 0 aromatic carbocycles. The molecular formula is C11H18O7. The van der Waals surface area contributed by atoms with E-state index in [9.17, 15) is 19.5 Å². The van der Waals surface area contributed by atoms with Gasteiger partial charge in [-0.05, 0) is 0 Å². The van der Waals surface area contributed by atoms with Crippen molar-refractivity contribution < 1.29 is 33.7 Å². The van der Waals surface area contributed by atoms with Gasteiger partial charge in [0, 0.05) is 27.2 Å². The summed E-state index contributed by atoms with van der Waals surface area (Å²) < 4.78 is 14.1. The van der Waals surface area contributed by atoms with Crippen LogP contribution in [0.3, 0.4) is 0 Å². The molecule has 0 aromatic rings. The fraction of sp³-hybridized carbons (Fsp3) is 0.727. The molecule has 0 unspecified atom stereocenters. The first kappa shape index (κ1) is 16.4. The molecule has 0 amide bonds. The number of carbonyl (C=O) groups excluding carboxylic acids is 3. The first-order chi connectivity index (χ1) is 8.32. The molecule has 0 aliphatic carbocycles. The molecule has 0 spiro atoms. The van der Waals surface area contributed by atoms with E-state index in [1.807, 2.05) is 0 Å². The molecule has 2 atom stereocenters. The van der Waals surface area contributed by atoms with Gasteiger partial charge in [0.05, 0.1) is 6.61 Å². The van der Waals surface area contributed by atoms with E-state index in [1.54, 1.807) is 0 Å². The van der Waals surface area contributed by atoms with Crippen molar-refractivity contribution in [3.8, 4) is 0 Å². The van der Waals surface area contributed by atoms with E-state index in [4.69, 9.17) is 4.74 Å². The smallest absolute Gasteiger partial charge is 0.302 e.